The largest absolute Gasteiger partial charge is 0.303 e. The second-order valence-electron chi connectivity index (χ2n) is 5.00. The number of carbonyl (C=O) groups excluding carboxylic acids is 1. The van der Waals surface area contributed by atoms with Gasteiger partial charge in [0.1, 0.15) is 0 Å². The van der Waals surface area contributed by atoms with Gasteiger partial charge in [-0.15, -0.1) is 0 Å². The molecule has 0 radical (unpaired) electrons. The number of amides is 1. The number of piperidine rings is 1. The van der Waals surface area contributed by atoms with Crippen molar-refractivity contribution in [3.05, 3.63) is 34.9 Å². The molecule has 1 heterocycles. The van der Waals surface area contributed by atoms with Crippen molar-refractivity contribution in [2.75, 3.05) is 19.6 Å². The Morgan fingerprint density at radius 2 is 1.95 bits per heavy atom. The average molecular weight is 282 g/mol. The minimum Gasteiger partial charge on any atom is -0.303 e. The van der Waals surface area contributed by atoms with E-state index in [9.17, 15) is 4.79 Å². The molecule has 0 unspecified atom stereocenters. The van der Waals surface area contributed by atoms with Crippen LogP contribution in [0.4, 0.5) is 0 Å². The number of nitrogens with two attached hydrogens (primary N) is 1. The van der Waals surface area contributed by atoms with Crippen LogP contribution in [0.1, 0.15) is 18.4 Å². The monoisotopic (exact) mass is 281 g/mol. The van der Waals surface area contributed by atoms with Crippen molar-refractivity contribution in [2.45, 2.75) is 19.3 Å². The van der Waals surface area contributed by atoms with Gasteiger partial charge in [0.2, 0.25) is 5.91 Å². The van der Waals surface area contributed by atoms with Gasteiger partial charge in [0.25, 0.3) is 0 Å². The summed E-state index contributed by atoms with van der Waals surface area (Å²) in [7, 11) is 0. The van der Waals surface area contributed by atoms with Gasteiger partial charge >= 0.3 is 0 Å². The lowest BCUT2D eigenvalue weighted by Gasteiger charge is -2.30. The first-order chi connectivity index (χ1) is 9.19. The molecule has 1 aromatic carbocycles. The molecule has 2 rings (SSSR count). The Hall–Kier alpha value is -1.10. The molecule has 0 aliphatic carbocycles. The molecular formula is C14H20ClN3O. The molecule has 1 fully saturated rings. The Kier molecular flexibility index (Phi) is 5.19. The van der Waals surface area contributed by atoms with Crippen molar-refractivity contribution in [1.82, 2.24) is 10.3 Å². The van der Waals surface area contributed by atoms with Crippen LogP contribution in [-0.4, -0.2) is 30.4 Å². The molecule has 0 aromatic heterocycles. The summed E-state index contributed by atoms with van der Waals surface area (Å²) in [5.74, 6) is 5.21. The highest BCUT2D eigenvalue weighted by molar-refractivity contribution is 6.30. The normalized spacial score (nSPS) is 17.4. The molecule has 1 aromatic rings. The van der Waals surface area contributed by atoms with Crippen molar-refractivity contribution in [3.8, 4) is 0 Å². The summed E-state index contributed by atoms with van der Waals surface area (Å²) in [6, 6.07) is 7.98. The number of likely N-dealkylation sites (tertiary alicyclic amines) is 1. The fraction of sp³-hybridized carbons (Fsp3) is 0.500. The maximum atomic E-state index is 11.4. The van der Waals surface area contributed by atoms with Crippen LogP contribution in [0.15, 0.2) is 24.3 Å². The van der Waals surface area contributed by atoms with Gasteiger partial charge in [0, 0.05) is 17.5 Å². The molecule has 0 atom stereocenters. The van der Waals surface area contributed by atoms with E-state index in [1.165, 1.54) is 5.56 Å². The summed E-state index contributed by atoms with van der Waals surface area (Å²) in [5, 5.41) is 0.775. The highest BCUT2D eigenvalue weighted by Gasteiger charge is 2.23. The third-order valence-corrected chi connectivity index (χ3v) is 3.98. The predicted octanol–water partition coefficient (Wildman–Crippen LogP) is 1.58. The third-order valence-electron chi connectivity index (χ3n) is 3.73. The zero-order valence-electron chi connectivity index (χ0n) is 10.9. The smallest absolute Gasteiger partial charge is 0.237 e. The van der Waals surface area contributed by atoms with Crippen molar-refractivity contribution in [3.63, 3.8) is 0 Å². The van der Waals surface area contributed by atoms with Crippen LogP contribution in [-0.2, 0) is 11.2 Å². The zero-order valence-corrected chi connectivity index (χ0v) is 11.7. The van der Waals surface area contributed by atoms with Crippen LogP contribution < -0.4 is 11.3 Å². The first-order valence-electron chi connectivity index (χ1n) is 6.66. The topological polar surface area (TPSA) is 58.4 Å². The first-order valence-corrected chi connectivity index (χ1v) is 7.04. The Morgan fingerprint density at radius 1 is 1.32 bits per heavy atom. The molecule has 1 amide bonds. The minimum absolute atomic E-state index is 0.0302. The van der Waals surface area contributed by atoms with E-state index in [2.05, 4.69) is 22.5 Å². The number of hydrogen-bond acceptors (Lipinski definition) is 3. The van der Waals surface area contributed by atoms with Crippen LogP contribution >= 0.6 is 11.6 Å². The maximum absolute atomic E-state index is 11.4. The van der Waals surface area contributed by atoms with Crippen molar-refractivity contribution in [1.29, 1.82) is 0 Å². The van der Waals surface area contributed by atoms with Gasteiger partial charge in [-0.3, -0.25) is 10.2 Å². The second-order valence-corrected chi connectivity index (χ2v) is 5.44. The minimum atomic E-state index is -0.0302. The molecule has 0 saturated carbocycles. The number of hydrazine groups is 1. The summed E-state index contributed by atoms with van der Waals surface area (Å²) in [6.07, 6.45) is 2.80. The summed E-state index contributed by atoms with van der Waals surface area (Å²) in [5.41, 5.74) is 3.54. The molecule has 1 aliphatic heterocycles. The third kappa shape index (κ3) is 4.20. The van der Waals surface area contributed by atoms with Gasteiger partial charge < -0.3 is 4.90 Å². The maximum Gasteiger partial charge on any atom is 0.237 e. The van der Waals surface area contributed by atoms with Gasteiger partial charge in [0.15, 0.2) is 0 Å². The van der Waals surface area contributed by atoms with E-state index in [1.807, 2.05) is 12.1 Å². The molecule has 4 nitrogen and oxygen atoms in total. The molecule has 5 heteroatoms. The summed E-state index contributed by atoms with van der Waals surface area (Å²) >= 11 is 5.86. The van der Waals surface area contributed by atoms with Crippen LogP contribution in [0.5, 0.6) is 0 Å². The fourth-order valence-electron chi connectivity index (χ4n) is 2.47. The fourth-order valence-corrected chi connectivity index (χ4v) is 2.60. The molecule has 3 N–H and O–H groups in total. The number of rotatable bonds is 4. The lowest BCUT2D eigenvalue weighted by Crippen LogP contribution is -2.43. The number of nitrogens with one attached hydrogen (secondary N) is 1. The lowest BCUT2D eigenvalue weighted by atomic mass is 9.96. The quantitative estimate of drug-likeness (QED) is 0.501. The number of hydrogen-bond donors (Lipinski definition) is 2. The molecular weight excluding hydrogens is 262 g/mol. The van der Waals surface area contributed by atoms with Crippen LogP contribution in [0, 0.1) is 5.92 Å². The lowest BCUT2D eigenvalue weighted by molar-refractivity contribution is -0.126. The highest BCUT2D eigenvalue weighted by Crippen LogP contribution is 2.17. The van der Waals surface area contributed by atoms with Gasteiger partial charge in [-0.25, -0.2) is 5.84 Å². The van der Waals surface area contributed by atoms with E-state index in [1.54, 1.807) is 0 Å². The number of benzene rings is 1. The summed E-state index contributed by atoms with van der Waals surface area (Å²) in [6.45, 7) is 2.95. The van der Waals surface area contributed by atoms with Crippen LogP contribution in [0.2, 0.25) is 5.02 Å². The van der Waals surface area contributed by atoms with E-state index < -0.39 is 0 Å². The molecule has 1 aliphatic rings. The van der Waals surface area contributed by atoms with Gasteiger partial charge in [-0.05, 0) is 50.0 Å². The van der Waals surface area contributed by atoms with E-state index in [-0.39, 0.29) is 11.8 Å². The predicted molar refractivity (Wildman–Crippen MR) is 76.7 cm³/mol. The Balaban J connectivity index is 1.74. The van der Waals surface area contributed by atoms with Crippen LogP contribution in [0.3, 0.4) is 0 Å². The SMILES string of the molecule is NNC(=O)C1CCN(CCc2ccc(Cl)cc2)CC1. The van der Waals surface area contributed by atoms with Crippen molar-refractivity contribution in [2.24, 2.45) is 11.8 Å². The first kappa shape index (κ1) is 14.3. The number of nitrogens with zero attached hydrogens (tertiary/aromatic N) is 1. The molecule has 0 spiro atoms. The number of halogens is 1. The number of carbonyl (C=O) groups is 1. The Labute approximate surface area is 118 Å². The standard InChI is InChI=1S/C14H20ClN3O/c15-13-3-1-11(2-4-13)5-8-18-9-6-12(7-10-18)14(19)17-16/h1-4,12H,5-10,16H2,(H,17,19). The zero-order chi connectivity index (χ0) is 13.7. The molecule has 1 saturated heterocycles. The summed E-state index contributed by atoms with van der Waals surface area (Å²) < 4.78 is 0. The van der Waals surface area contributed by atoms with E-state index in [4.69, 9.17) is 17.4 Å². The molecule has 0 bridgehead atoms. The van der Waals surface area contributed by atoms with Crippen LogP contribution in [0.25, 0.3) is 0 Å². The van der Waals surface area contributed by atoms with Gasteiger partial charge in [0.05, 0.1) is 0 Å². The van der Waals surface area contributed by atoms with E-state index >= 15 is 0 Å². The average Bonchev–Trinajstić information content (AvgIpc) is 2.46. The highest BCUT2D eigenvalue weighted by atomic mass is 35.5. The second kappa shape index (κ2) is 6.89. The molecule has 104 valence electrons. The summed E-state index contributed by atoms with van der Waals surface area (Å²) in [4.78, 5) is 13.8. The van der Waals surface area contributed by atoms with Gasteiger partial charge in [-0.1, -0.05) is 23.7 Å². The molecule has 19 heavy (non-hydrogen) atoms. The Bertz CT molecular complexity index is 413. The Morgan fingerprint density at radius 3 is 2.53 bits per heavy atom. The van der Waals surface area contributed by atoms with Gasteiger partial charge in [-0.2, -0.15) is 0 Å². The van der Waals surface area contributed by atoms with Crippen molar-refractivity contribution >= 4 is 17.5 Å². The van der Waals surface area contributed by atoms with Crippen molar-refractivity contribution < 1.29 is 4.79 Å². The van der Waals surface area contributed by atoms with E-state index in [0.717, 1.165) is 43.9 Å². The van der Waals surface area contributed by atoms with E-state index in [0.29, 0.717) is 0 Å².